The van der Waals surface area contributed by atoms with Gasteiger partial charge in [-0.1, -0.05) is 19.9 Å². The fraction of sp³-hybridized carbons (Fsp3) is 0.381. The fourth-order valence-electron chi connectivity index (χ4n) is 3.52. The molecule has 3 heterocycles. The van der Waals surface area contributed by atoms with Crippen LogP contribution in [0.4, 0.5) is 5.82 Å². The zero-order chi connectivity index (χ0) is 20.5. The van der Waals surface area contributed by atoms with Crippen LogP contribution in [0.15, 0.2) is 30.7 Å². The molecule has 8 heteroatoms. The lowest BCUT2D eigenvalue weighted by atomic mass is 9.95. The van der Waals surface area contributed by atoms with Crippen molar-refractivity contribution in [2.24, 2.45) is 5.92 Å². The van der Waals surface area contributed by atoms with Crippen molar-refractivity contribution in [3.8, 4) is 11.5 Å². The molecule has 152 valence electrons. The van der Waals surface area contributed by atoms with Gasteiger partial charge < -0.3 is 24.7 Å². The van der Waals surface area contributed by atoms with E-state index in [9.17, 15) is 4.79 Å². The highest BCUT2D eigenvalue weighted by molar-refractivity contribution is 6.09. The van der Waals surface area contributed by atoms with Gasteiger partial charge in [0.25, 0.3) is 5.91 Å². The molecule has 0 bridgehead atoms. The Hall–Kier alpha value is -3.29. The quantitative estimate of drug-likeness (QED) is 0.689. The summed E-state index contributed by atoms with van der Waals surface area (Å²) in [4.78, 5) is 25.9. The van der Waals surface area contributed by atoms with Gasteiger partial charge in [-0.05, 0) is 23.6 Å². The Morgan fingerprint density at radius 1 is 1.17 bits per heavy atom. The average molecular weight is 395 g/mol. The number of hydrogen-bond acceptors (Lipinski definition) is 6. The van der Waals surface area contributed by atoms with Crippen LogP contribution in [-0.4, -0.2) is 53.1 Å². The van der Waals surface area contributed by atoms with Crippen LogP contribution in [0.5, 0.6) is 11.5 Å². The molecule has 0 fully saturated rings. The predicted octanol–water partition coefficient (Wildman–Crippen LogP) is 3.24. The smallest absolute Gasteiger partial charge is 0.255 e. The fourth-order valence-corrected chi connectivity index (χ4v) is 3.52. The van der Waals surface area contributed by atoms with Gasteiger partial charge in [0, 0.05) is 20.3 Å². The average Bonchev–Trinajstić information content (AvgIpc) is 3.15. The molecule has 0 radical (unpaired) electrons. The molecule has 1 atom stereocenters. The molecule has 1 aliphatic rings. The number of ether oxygens (including phenoxy) is 2. The molecular weight excluding hydrogens is 370 g/mol. The predicted molar refractivity (Wildman–Crippen MR) is 111 cm³/mol. The van der Waals surface area contributed by atoms with Crippen molar-refractivity contribution in [3.05, 3.63) is 41.9 Å². The van der Waals surface area contributed by atoms with E-state index < -0.39 is 0 Å². The van der Waals surface area contributed by atoms with Gasteiger partial charge in [0.2, 0.25) is 0 Å². The van der Waals surface area contributed by atoms with Crippen LogP contribution in [0.25, 0.3) is 11.0 Å². The highest BCUT2D eigenvalue weighted by atomic mass is 16.6. The van der Waals surface area contributed by atoms with Crippen molar-refractivity contribution in [2.45, 2.75) is 19.9 Å². The van der Waals surface area contributed by atoms with Gasteiger partial charge in [-0.25, -0.2) is 9.97 Å². The summed E-state index contributed by atoms with van der Waals surface area (Å²) in [5, 5.41) is 4.22. The van der Waals surface area contributed by atoms with Crippen LogP contribution >= 0.6 is 0 Å². The van der Waals surface area contributed by atoms with E-state index in [0.717, 1.165) is 17.1 Å². The van der Waals surface area contributed by atoms with Crippen molar-refractivity contribution < 1.29 is 14.3 Å². The van der Waals surface area contributed by atoms with E-state index >= 15 is 0 Å². The van der Waals surface area contributed by atoms with E-state index in [1.807, 2.05) is 18.2 Å². The monoisotopic (exact) mass is 395 g/mol. The maximum atomic E-state index is 12.6. The molecular formula is C21H25N5O3. The lowest BCUT2D eigenvalue weighted by Gasteiger charge is -2.26. The summed E-state index contributed by atoms with van der Waals surface area (Å²) in [6.45, 7) is 5.38. The summed E-state index contributed by atoms with van der Waals surface area (Å²) in [5.74, 6) is 2.29. The minimum atomic E-state index is -0.102. The van der Waals surface area contributed by atoms with E-state index in [4.69, 9.17) is 9.47 Å². The van der Waals surface area contributed by atoms with Crippen LogP contribution < -0.4 is 14.8 Å². The van der Waals surface area contributed by atoms with Crippen LogP contribution in [0.1, 0.15) is 35.8 Å². The normalized spacial score (nSPS) is 14.1. The molecule has 0 saturated heterocycles. The number of hydrogen-bond donors (Lipinski definition) is 2. The largest absolute Gasteiger partial charge is 0.486 e. The Balaban J connectivity index is 1.73. The first kappa shape index (κ1) is 19.0. The van der Waals surface area contributed by atoms with Gasteiger partial charge in [0.05, 0.1) is 17.0 Å². The van der Waals surface area contributed by atoms with Gasteiger partial charge in [0.1, 0.15) is 31.0 Å². The minimum Gasteiger partial charge on any atom is -0.486 e. The first-order valence-electron chi connectivity index (χ1n) is 9.65. The molecule has 3 aromatic rings. The summed E-state index contributed by atoms with van der Waals surface area (Å²) >= 11 is 0. The van der Waals surface area contributed by atoms with Crippen LogP contribution in [0.2, 0.25) is 0 Å². The summed E-state index contributed by atoms with van der Waals surface area (Å²) < 4.78 is 11.4. The van der Waals surface area contributed by atoms with E-state index in [-0.39, 0.29) is 17.9 Å². The molecule has 2 aromatic heterocycles. The molecule has 29 heavy (non-hydrogen) atoms. The standard InChI is InChI=1S/C21H25N5O3/c1-12(2)18(13-5-6-15-16(9-13)29-8-7-28-15)25-20-17-14(21(27)26(3)4)10-22-19(17)23-11-24-20/h5-6,9-12,18H,7-8H2,1-4H3,(H2,22,23,24,25)/t18-/m1/s1. The lowest BCUT2D eigenvalue weighted by Crippen LogP contribution is -2.22. The summed E-state index contributed by atoms with van der Waals surface area (Å²) in [5.41, 5.74) is 2.22. The van der Waals surface area contributed by atoms with Gasteiger partial charge >= 0.3 is 0 Å². The molecule has 0 spiro atoms. The number of anilines is 1. The number of carbonyl (C=O) groups is 1. The van der Waals surface area contributed by atoms with Crippen LogP contribution in [0.3, 0.4) is 0 Å². The third-order valence-corrected chi connectivity index (χ3v) is 4.99. The Kier molecular flexibility index (Phi) is 5.00. The van der Waals surface area contributed by atoms with Crippen molar-refractivity contribution in [2.75, 3.05) is 32.6 Å². The summed E-state index contributed by atoms with van der Waals surface area (Å²) in [7, 11) is 3.45. The van der Waals surface area contributed by atoms with Gasteiger partial charge in [-0.2, -0.15) is 0 Å². The molecule has 0 unspecified atom stereocenters. The molecule has 0 aliphatic carbocycles. The Morgan fingerprint density at radius 3 is 2.66 bits per heavy atom. The highest BCUT2D eigenvalue weighted by Gasteiger charge is 2.23. The number of aromatic nitrogens is 3. The molecule has 1 aliphatic heterocycles. The second-order valence-electron chi connectivity index (χ2n) is 7.62. The summed E-state index contributed by atoms with van der Waals surface area (Å²) in [6.07, 6.45) is 3.17. The van der Waals surface area contributed by atoms with Crippen molar-refractivity contribution in [1.29, 1.82) is 0 Å². The van der Waals surface area contributed by atoms with Crippen LogP contribution in [-0.2, 0) is 0 Å². The second-order valence-corrected chi connectivity index (χ2v) is 7.62. The molecule has 8 nitrogen and oxygen atoms in total. The summed E-state index contributed by atoms with van der Waals surface area (Å²) in [6, 6.07) is 5.94. The molecule has 0 saturated carbocycles. The second kappa shape index (κ2) is 7.62. The Bertz CT molecular complexity index is 1040. The Labute approximate surface area is 169 Å². The van der Waals surface area contributed by atoms with Crippen molar-refractivity contribution in [1.82, 2.24) is 19.9 Å². The molecule has 4 rings (SSSR count). The number of nitrogens with zero attached hydrogens (tertiary/aromatic N) is 3. The topological polar surface area (TPSA) is 92.4 Å². The van der Waals surface area contributed by atoms with E-state index in [2.05, 4.69) is 34.1 Å². The Morgan fingerprint density at radius 2 is 1.93 bits per heavy atom. The first-order chi connectivity index (χ1) is 14.0. The molecule has 2 N–H and O–H groups in total. The maximum absolute atomic E-state index is 12.6. The van der Waals surface area contributed by atoms with E-state index in [0.29, 0.717) is 35.6 Å². The third-order valence-electron chi connectivity index (χ3n) is 4.99. The molecule has 1 amide bonds. The van der Waals surface area contributed by atoms with Crippen molar-refractivity contribution in [3.63, 3.8) is 0 Å². The number of benzene rings is 1. The third kappa shape index (κ3) is 3.57. The number of nitrogens with one attached hydrogen (secondary N) is 2. The zero-order valence-electron chi connectivity index (χ0n) is 17.0. The minimum absolute atomic E-state index is 0.0406. The maximum Gasteiger partial charge on any atom is 0.255 e. The van der Waals surface area contributed by atoms with Crippen molar-refractivity contribution >= 4 is 22.8 Å². The number of amides is 1. The van der Waals surface area contributed by atoms with Crippen LogP contribution in [0, 0.1) is 5.92 Å². The highest BCUT2D eigenvalue weighted by Crippen LogP contribution is 2.36. The van der Waals surface area contributed by atoms with Gasteiger partial charge in [-0.15, -0.1) is 0 Å². The number of aromatic amines is 1. The number of fused-ring (bicyclic) bond motifs is 2. The zero-order valence-corrected chi connectivity index (χ0v) is 17.0. The van der Waals surface area contributed by atoms with E-state index in [1.165, 1.54) is 6.33 Å². The number of H-pyrrole nitrogens is 1. The SMILES string of the molecule is CC(C)[C@@H](Nc1ncnc2[nH]cc(C(=O)N(C)C)c12)c1ccc2c(c1)OCCO2. The van der Waals surface area contributed by atoms with Gasteiger partial charge in [0.15, 0.2) is 11.5 Å². The first-order valence-corrected chi connectivity index (χ1v) is 9.65. The number of rotatable bonds is 5. The lowest BCUT2D eigenvalue weighted by molar-refractivity contribution is 0.0829. The molecule has 1 aromatic carbocycles. The van der Waals surface area contributed by atoms with Gasteiger partial charge in [-0.3, -0.25) is 4.79 Å². The van der Waals surface area contributed by atoms with E-state index in [1.54, 1.807) is 25.2 Å². The number of carbonyl (C=O) groups excluding carboxylic acids is 1.